The van der Waals surface area contributed by atoms with Crippen molar-refractivity contribution in [3.8, 4) is 0 Å². The van der Waals surface area contributed by atoms with Crippen LogP contribution in [0.2, 0.25) is 0 Å². The van der Waals surface area contributed by atoms with Crippen LogP contribution in [0.15, 0.2) is 30.5 Å². The highest BCUT2D eigenvalue weighted by Gasteiger charge is 2.28. The molecule has 2 aliphatic heterocycles. The molecule has 0 spiro atoms. The number of piperazine rings is 1. The summed E-state index contributed by atoms with van der Waals surface area (Å²) in [5.41, 5.74) is 2.06. The van der Waals surface area contributed by atoms with Crippen LogP contribution in [0.5, 0.6) is 0 Å². The van der Waals surface area contributed by atoms with Gasteiger partial charge in [0.25, 0.3) is 11.8 Å². The van der Waals surface area contributed by atoms with Gasteiger partial charge in [0.2, 0.25) is 0 Å². The fraction of sp³-hybridized carbons (Fsp3) is 0.421. The Labute approximate surface area is 151 Å². The maximum atomic E-state index is 13.3. The molecule has 1 saturated heterocycles. The summed E-state index contributed by atoms with van der Waals surface area (Å²) in [5, 5.41) is 4.33. The molecule has 7 heteroatoms. The Balaban J connectivity index is 1.41. The minimum Gasteiger partial charge on any atom is -0.335 e. The van der Waals surface area contributed by atoms with E-state index in [9.17, 15) is 14.0 Å². The molecule has 0 unspecified atom stereocenters. The zero-order chi connectivity index (χ0) is 18.1. The van der Waals surface area contributed by atoms with Crippen molar-refractivity contribution in [2.24, 2.45) is 0 Å². The Morgan fingerprint density at radius 1 is 0.962 bits per heavy atom. The molecular weight excluding hydrogens is 335 g/mol. The van der Waals surface area contributed by atoms with Gasteiger partial charge >= 0.3 is 0 Å². The van der Waals surface area contributed by atoms with E-state index >= 15 is 0 Å². The predicted octanol–water partition coefficient (Wildman–Crippen LogP) is 1.96. The zero-order valence-corrected chi connectivity index (χ0v) is 14.5. The van der Waals surface area contributed by atoms with Crippen LogP contribution in [0.4, 0.5) is 4.39 Å². The van der Waals surface area contributed by atoms with Crippen molar-refractivity contribution in [1.29, 1.82) is 0 Å². The highest BCUT2D eigenvalue weighted by atomic mass is 19.1. The third kappa shape index (κ3) is 3.09. The van der Waals surface area contributed by atoms with Crippen LogP contribution in [0.1, 0.15) is 39.3 Å². The van der Waals surface area contributed by atoms with E-state index in [1.165, 1.54) is 18.2 Å². The lowest BCUT2D eigenvalue weighted by Gasteiger charge is -2.35. The monoisotopic (exact) mass is 356 g/mol. The Hall–Kier alpha value is -2.70. The first-order valence-corrected chi connectivity index (χ1v) is 9.02. The summed E-state index contributed by atoms with van der Waals surface area (Å²) in [6, 6.07) is 5.71. The van der Waals surface area contributed by atoms with Gasteiger partial charge in [-0.3, -0.25) is 14.3 Å². The number of rotatable bonds is 2. The van der Waals surface area contributed by atoms with Crippen molar-refractivity contribution in [2.75, 3.05) is 26.2 Å². The molecule has 2 aromatic rings. The van der Waals surface area contributed by atoms with Gasteiger partial charge in [-0.25, -0.2) is 4.39 Å². The molecule has 0 saturated carbocycles. The zero-order valence-electron chi connectivity index (χ0n) is 14.5. The van der Waals surface area contributed by atoms with Crippen LogP contribution >= 0.6 is 0 Å². The van der Waals surface area contributed by atoms with Crippen LogP contribution < -0.4 is 0 Å². The molecule has 0 radical (unpaired) electrons. The summed E-state index contributed by atoms with van der Waals surface area (Å²) in [5.74, 6) is -0.624. The van der Waals surface area contributed by atoms with E-state index < -0.39 is 5.82 Å². The lowest BCUT2D eigenvalue weighted by atomic mass is 10.1. The smallest absolute Gasteiger partial charge is 0.257 e. The Kier molecular flexibility index (Phi) is 4.44. The number of aryl methyl sites for hydroxylation is 1. The average Bonchev–Trinajstić information content (AvgIpc) is 3.11. The van der Waals surface area contributed by atoms with Crippen molar-refractivity contribution in [3.63, 3.8) is 0 Å². The molecule has 26 heavy (non-hydrogen) atoms. The molecule has 6 nitrogen and oxygen atoms in total. The van der Waals surface area contributed by atoms with E-state index in [2.05, 4.69) is 5.10 Å². The number of amides is 2. The van der Waals surface area contributed by atoms with E-state index in [0.717, 1.165) is 31.5 Å². The summed E-state index contributed by atoms with van der Waals surface area (Å²) in [4.78, 5) is 28.8. The first kappa shape index (κ1) is 16.8. The van der Waals surface area contributed by atoms with Crippen molar-refractivity contribution in [1.82, 2.24) is 19.6 Å². The van der Waals surface area contributed by atoms with Gasteiger partial charge in [-0.15, -0.1) is 0 Å². The number of halogens is 1. The third-order valence-electron chi connectivity index (χ3n) is 5.14. The number of hydrogen-bond donors (Lipinski definition) is 0. The number of nitrogens with zero attached hydrogens (tertiary/aromatic N) is 4. The van der Waals surface area contributed by atoms with Gasteiger partial charge in [0, 0.05) is 38.3 Å². The number of fused-ring (bicyclic) bond motifs is 1. The maximum absolute atomic E-state index is 13.3. The minimum absolute atomic E-state index is 0.00833. The highest BCUT2D eigenvalue weighted by Crippen LogP contribution is 2.20. The van der Waals surface area contributed by atoms with Gasteiger partial charge in [-0.1, -0.05) is 6.07 Å². The molecule has 3 heterocycles. The van der Waals surface area contributed by atoms with Crippen LogP contribution in [-0.4, -0.2) is 57.6 Å². The largest absolute Gasteiger partial charge is 0.335 e. The SMILES string of the molecule is O=C(c1cccc(F)c1)N1CCN(C(=O)c2cnn3c2CCCC3)CC1. The molecular formula is C19H21FN4O2. The molecule has 0 N–H and O–H groups in total. The predicted molar refractivity (Wildman–Crippen MR) is 93.4 cm³/mol. The van der Waals surface area contributed by atoms with Gasteiger partial charge in [-0.2, -0.15) is 5.10 Å². The number of hydrogen-bond acceptors (Lipinski definition) is 3. The first-order valence-electron chi connectivity index (χ1n) is 9.02. The quantitative estimate of drug-likeness (QED) is 0.826. The molecule has 136 valence electrons. The molecule has 1 fully saturated rings. The van der Waals surface area contributed by atoms with E-state index in [0.29, 0.717) is 37.3 Å². The van der Waals surface area contributed by atoms with Crippen LogP contribution in [0.25, 0.3) is 0 Å². The fourth-order valence-electron chi connectivity index (χ4n) is 3.69. The minimum atomic E-state index is -0.421. The highest BCUT2D eigenvalue weighted by molar-refractivity contribution is 5.96. The molecule has 1 aromatic carbocycles. The van der Waals surface area contributed by atoms with E-state index in [4.69, 9.17) is 0 Å². The van der Waals surface area contributed by atoms with Crippen molar-refractivity contribution >= 4 is 11.8 Å². The second-order valence-corrected chi connectivity index (χ2v) is 6.78. The normalized spacial score (nSPS) is 17.1. The maximum Gasteiger partial charge on any atom is 0.257 e. The summed E-state index contributed by atoms with van der Waals surface area (Å²) in [7, 11) is 0. The van der Waals surface area contributed by atoms with Gasteiger partial charge < -0.3 is 9.80 Å². The van der Waals surface area contributed by atoms with E-state index in [1.807, 2.05) is 4.68 Å². The number of aromatic nitrogens is 2. The Morgan fingerprint density at radius 2 is 1.69 bits per heavy atom. The van der Waals surface area contributed by atoms with Crippen molar-refractivity contribution < 1.29 is 14.0 Å². The second kappa shape index (κ2) is 6.90. The average molecular weight is 356 g/mol. The molecule has 1 aromatic heterocycles. The third-order valence-corrected chi connectivity index (χ3v) is 5.14. The van der Waals surface area contributed by atoms with E-state index in [-0.39, 0.29) is 11.8 Å². The Morgan fingerprint density at radius 3 is 2.42 bits per heavy atom. The lowest BCUT2D eigenvalue weighted by molar-refractivity contribution is 0.0534. The molecule has 4 rings (SSSR count). The van der Waals surface area contributed by atoms with Crippen molar-refractivity contribution in [2.45, 2.75) is 25.8 Å². The summed E-state index contributed by atoms with van der Waals surface area (Å²) >= 11 is 0. The van der Waals surface area contributed by atoms with Gasteiger partial charge in [0.15, 0.2) is 0 Å². The molecule has 0 atom stereocenters. The van der Waals surface area contributed by atoms with Gasteiger partial charge in [-0.05, 0) is 37.5 Å². The molecule has 0 bridgehead atoms. The summed E-state index contributed by atoms with van der Waals surface area (Å²) < 4.78 is 15.3. The number of carbonyl (C=O) groups is 2. The standard InChI is InChI=1S/C19H21FN4O2/c20-15-5-3-4-14(12-15)18(25)22-8-10-23(11-9-22)19(26)16-13-21-24-7-2-1-6-17(16)24/h3-5,12-13H,1-2,6-11H2. The van der Waals surface area contributed by atoms with Gasteiger partial charge in [0.05, 0.1) is 17.5 Å². The van der Waals surface area contributed by atoms with Gasteiger partial charge in [0.1, 0.15) is 5.82 Å². The number of carbonyl (C=O) groups excluding carboxylic acids is 2. The topological polar surface area (TPSA) is 58.4 Å². The van der Waals surface area contributed by atoms with Crippen LogP contribution in [0.3, 0.4) is 0 Å². The fourth-order valence-corrected chi connectivity index (χ4v) is 3.69. The number of benzene rings is 1. The molecule has 2 aliphatic rings. The van der Waals surface area contributed by atoms with Crippen LogP contribution in [0, 0.1) is 5.82 Å². The van der Waals surface area contributed by atoms with E-state index in [1.54, 1.807) is 22.1 Å². The Bertz CT molecular complexity index is 840. The first-order chi connectivity index (χ1) is 12.6. The molecule has 0 aliphatic carbocycles. The summed E-state index contributed by atoms with van der Waals surface area (Å²) in [6.45, 7) is 2.72. The second-order valence-electron chi connectivity index (χ2n) is 6.78. The lowest BCUT2D eigenvalue weighted by Crippen LogP contribution is -2.50. The van der Waals surface area contributed by atoms with Crippen molar-refractivity contribution in [3.05, 3.63) is 53.1 Å². The molecule has 2 amide bonds. The van der Waals surface area contributed by atoms with Crippen LogP contribution in [-0.2, 0) is 13.0 Å². The summed E-state index contributed by atoms with van der Waals surface area (Å²) in [6.07, 6.45) is 4.75.